The normalized spacial score (nSPS) is 11.0. The summed E-state index contributed by atoms with van der Waals surface area (Å²) in [5.41, 5.74) is 0.668. The molecule has 0 atom stereocenters. The number of nitro groups is 1. The van der Waals surface area contributed by atoms with E-state index in [-0.39, 0.29) is 22.8 Å². The van der Waals surface area contributed by atoms with Crippen LogP contribution in [-0.2, 0) is 10.0 Å². The highest BCUT2D eigenvalue weighted by Gasteiger charge is 2.26. The maximum absolute atomic E-state index is 13.1. The lowest BCUT2D eigenvalue weighted by Gasteiger charge is -2.24. The minimum atomic E-state index is -3.93. The number of rotatable bonds is 8. The van der Waals surface area contributed by atoms with E-state index >= 15 is 0 Å². The van der Waals surface area contributed by atoms with Gasteiger partial charge in [0.05, 0.1) is 28.7 Å². The largest absolute Gasteiger partial charge is 0.494 e. The van der Waals surface area contributed by atoms with Crippen LogP contribution in [0.3, 0.4) is 0 Å². The molecule has 2 aromatic carbocycles. The fourth-order valence-electron chi connectivity index (χ4n) is 2.42. The van der Waals surface area contributed by atoms with Gasteiger partial charge in [-0.3, -0.25) is 14.4 Å². The van der Waals surface area contributed by atoms with E-state index in [1.54, 1.807) is 19.1 Å². The van der Waals surface area contributed by atoms with E-state index in [0.29, 0.717) is 17.9 Å². The molecule has 0 amide bonds. The molecule has 0 saturated carbocycles. The summed E-state index contributed by atoms with van der Waals surface area (Å²) in [5, 5.41) is 11.1. The predicted molar refractivity (Wildman–Crippen MR) is 100 cm³/mol. The van der Waals surface area contributed by atoms with Crippen LogP contribution >= 0.6 is 0 Å². The Morgan fingerprint density at radius 3 is 2.42 bits per heavy atom. The quantitative estimate of drug-likeness (QED) is 0.398. The predicted octanol–water partition coefficient (Wildman–Crippen LogP) is 3.68. The first-order valence-electron chi connectivity index (χ1n) is 7.92. The summed E-state index contributed by atoms with van der Waals surface area (Å²) < 4.78 is 32.6. The monoisotopic (exact) mass is 376 g/mol. The van der Waals surface area contributed by atoms with Crippen molar-refractivity contribution in [3.05, 3.63) is 70.8 Å². The lowest BCUT2D eigenvalue weighted by molar-refractivity contribution is -0.384. The highest BCUT2D eigenvalue weighted by Crippen LogP contribution is 2.30. The second-order valence-corrected chi connectivity index (χ2v) is 7.32. The van der Waals surface area contributed by atoms with Crippen molar-refractivity contribution < 1.29 is 18.1 Å². The number of nitro benzene ring substituents is 1. The van der Waals surface area contributed by atoms with Gasteiger partial charge in [0, 0.05) is 12.1 Å². The fraction of sp³-hybridized carbons (Fsp3) is 0.222. The number of hydrogen-bond donors (Lipinski definition) is 0. The Morgan fingerprint density at radius 2 is 1.88 bits per heavy atom. The molecule has 2 aromatic rings. The molecule has 7 nitrogen and oxygen atoms in total. The van der Waals surface area contributed by atoms with Crippen molar-refractivity contribution in [3.8, 4) is 5.75 Å². The van der Waals surface area contributed by atoms with Gasteiger partial charge in [-0.2, -0.15) is 0 Å². The molecule has 0 radical (unpaired) electrons. The van der Waals surface area contributed by atoms with Gasteiger partial charge < -0.3 is 4.74 Å². The molecule has 26 heavy (non-hydrogen) atoms. The number of anilines is 1. The summed E-state index contributed by atoms with van der Waals surface area (Å²) in [6, 6.07) is 10.2. The first kappa shape index (κ1) is 19.5. The lowest BCUT2D eigenvalue weighted by atomic mass is 10.2. The Labute approximate surface area is 152 Å². The minimum absolute atomic E-state index is 0.0163. The molecule has 0 aliphatic carbocycles. The Kier molecular flexibility index (Phi) is 5.99. The fourth-order valence-corrected chi connectivity index (χ4v) is 3.92. The topological polar surface area (TPSA) is 89.8 Å². The Balaban J connectivity index is 2.53. The third kappa shape index (κ3) is 4.02. The number of sulfonamides is 1. The molecule has 0 heterocycles. The Bertz CT molecular complexity index is 908. The molecular weight excluding hydrogens is 356 g/mol. The summed E-state index contributed by atoms with van der Waals surface area (Å²) in [6.07, 6.45) is 1.43. The van der Waals surface area contributed by atoms with Crippen molar-refractivity contribution in [2.24, 2.45) is 0 Å². The SMILES string of the molecule is C=CCN(c1cc([N+](=O)[O-])ccc1C)S(=O)(=O)c1ccc(OCC)cc1. The molecule has 0 bridgehead atoms. The van der Waals surface area contributed by atoms with Gasteiger partial charge in [-0.05, 0) is 43.7 Å². The van der Waals surface area contributed by atoms with Gasteiger partial charge in [0.25, 0.3) is 15.7 Å². The smallest absolute Gasteiger partial charge is 0.271 e. The van der Waals surface area contributed by atoms with Gasteiger partial charge in [0.1, 0.15) is 5.75 Å². The molecule has 0 fully saturated rings. The van der Waals surface area contributed by atoms with Gasteiger partial charge in [-0.25, -0.2) is 8.42 Å². The molecule has 138 valence electrons. The molecule has 0 aromatic heterocycles. The highest BCUT2D eigenvalue weighted by molar-refractivity contribution is 7.92. The Morgan fingerprint density at radius 1 is 1.23 bits per heavy atom. The summed E-state index contributed by atoms with van der Waals surface area (Å²) in [7, 11) is -3.93. The first-order valence-corrected chi connectivity index (χ1v) is 9.36. The number of hydrogen-bond acceptors (Lipinski definition) is 5. The molecule has 0 saturated heterocycles. The van der Waals surface area contributed by atoms with E-state index in [1.165, 1.54) is 36.4 Å². The van der Waals surface area contributed by atoms with E-state index in [9.17, 15) is 18.5 Å². The van der Waals surface area contributed by atoms with Gasteiger partial charge in [-0.15, -0.1) is 6.58 Å². The second-order valence-electron chi connectivity index (χ2n) is 5.46. The Hall–Kier alpha value is -2.87. The van der Waals surface area contributed by atoms with E-state index in [2.05, 4.69) is 6.58 Å². The lowest BCUT2D eigenvalue weighted by Crippen LogP contribution is -2.31. The van der Waals surface area contributed by atoms with Gasteiger partial charge in [0.15, 0.2) is 0 Å². The van der Waals surface area contributed by atoms with Gasteiger partial charge in [-0.1, -0.05) is 12.1 Å². The van der Waals surface area contributed by atoms with E-state index in [0.717, 1.165) is 4.31 Å². The van der Waals surface area contributed by atoms with Crippen LogP contribution in [0.2, 0.25) is 0 Å². The van der Waals surface area contributed by atoms with Gasteiger partial charge >= 0.3 is 0 Å². The number of benzene rings is 2. The first-order chi connectivity index (χ1) is 12.3. The number of ether oxygens (including phenoxy) is 1. The van der Waals surface area contributed by atoms with Crippen LogP contribution in [0, 0.1) is 17.0 Å². The van der Waals surface area contributed by atoms with Gasteiger partial charge in [0.2, 0.25) is 0 Å². The standard InChI is InChI=1S/C18H20N2O5S/c1-4-12-19(18-13-15(20(21)22)7-6-14(18)3)26(23,24)17-10-8-16(9-11-17)25-5-2/h4,6-11,13H,1,5,12H2,2-3H3. The molecule has 0 N–H and O–H groups in total. The average molecular weight is 376 g/mol. The van der Waals surface area contributed by atoms with Crippen molar-refractivity contribution in [1.29, 1.82) is 0 Å². The zero-order chi connectivity index (χ0) is 19.3. The van der Waals surface area contributed by atoms with Crippen LogP contribution in [0.5, 0.6) is 5.75 Å². The highest BCUT2D eigenvalue weighted by atomic mass is 32.2. The van der Waals surface area contributed by atoms with Crippen molar-refractivity contribution in [2.45, 2.75) is 18.7 Å². The third-order valence-electron chi connectivity index (χ3n) is 3.69. The molecule has 8 heteroatoms. The molecule has 2 rings (SSSR count). The molecular formula is C18H20N2O5S. The van der Waals surface area contributed by atoms with Crippen LogP contribution in [0.1, 0.15) is 12.5 Å². The third-order valence-corrected chi connectivity index (χ3v) is 5.48. The summed E-state index contributed by atoms with van der Waals surface area (Å²) in [6.45, 7) is 7.59. The maximum Gasteiger partial charge on any atom is 0.271 e. The van der Waals surface area contributed by atoms with E-state index < -0.39 is 14.9 Å². The molecule has 0 aliphatic heterocycles. The molecule has 0 spiro atoms. The summed E-state index contributed by atoms with van der Waals surface area (Å²) >= 11 is 0. The molecule has 0 unspecified atom stereocenters. The zero-order valence-electron chi connectivity index (χ0n) is 14.6. The maximum atomic E-state index is 13.1. The van der Waals surface area contributed by atoms with Crippen LogP contribution in [0.4, 0.5) is 11.4 Å². The van der Waals surface area contributed by atoms with Crippen molar-refractivity contribution >= 4 is 21.4 Å². The summed E-state index contributed by atoms with van der Waals surface area (Å²) in [5.74, 6) is 0.563. The zero-order valence-corrected chi connectivity index (χ0v) is 15.4. The van der Waals surface area contributed by atoms with Crippen LogP contribution < -0.4 is 9.04 Å². The van der Waals surface area contributed by atoms with Crippen molar-refractivity contribution in [1.82, 2.24) is 0 Å². The van der Waals surface area contributed by atoms with Crippen molar-refractivity contribution in [2.75, 3.05) is 17.5 Å². The number of aryl methyl sites for hydroxylation is 1. The van der Waals surface area contributed by atoms with Crippen LogP contribution in [0.15, 0.2) is 60.0 Å². The molecule has 0 aliphatic rings. The van der Waals surface area contributed by atoms with E-state index in [4.69, 9.17) is 4.74 Å². The second kappa shape index (κ2) is 8.01. The average Bonchev–Trinajstić information content (AvgIpc) is 2.61. The summed E-state index contributed by atoms with van der Waals surface area (Å²) in [4.78, 5) is 10.6. The minimum Gasteiger partial charge on any atom is -0.494 e. The van der Waals surface area contributed by atoms with E-state index in [1.807, 2.05) is 6.92 Å². The van der Waals surface area contributed by atoms with Crippen LogP contribution in [-0.4, -0.2) is 26.5 Å². The van der Waals surface area contributed by atoms with Crippen LogP contribution in [0.25, 0.3) is 0 Å². The number of nitrogens with zero attached hydrogens (tertiary/aromatic N) is 2. The van der Waals surface area contributed by atoms with Crippen molar-refractivity contribution in [3.63, 3.8) is 0 Å². The number of non-ortho nitro benzene ring substituents is 1.